The Labute approximate surface area is 98.6 Å². The van der Waals surface area contributed by atoms with Crippen molar-refractivity contribution in [3.63, 3.8) is 0 Å². The zero-order valence-corrected chi connectivity index (χ0v) is 9.09. The standard InChI is InChI=1S/C15H10O2/c16-8-11-5-4-10-2-1-3-13-12(9-17)6-7-14(11)15(10)13/h1-9,12H. The van der Waals surface area contributed by atoms with Gasteiger partial charge in [0.2, 0.25) is 0 Å². The van der Waals surface area contributed by atoms with Crippen molar-refractivity contribution in [3.05, 3.63) is 53.1 Å². The SMILES string of the molecule is O=Cc1ccc2cccc3c2c1C=CC3C=O. The number of aldehydes is 2. The fraction of sp³-hybridized carbons (Fsp3) is 0.0667. The van der Waals surface area contributed by atoms with Crippen LogP contribution in [-0.2, 0) is 4.79 Å². The fourth-order valence-corrected chi connectivity index (χ4v) is 2.43. The van der Waals surface area contributed by atoms with E-state index >= 15 is 0 Å². The van der Waals surface area contributed by atoms with Crippen LogP contribution < -0.4 is 0 Å². The van der Waals surface area contributed by atoms with Crippen molar-refractivity contribution < 1.29 is 9.59 Å². The van der Waals surface area contributed by atoms with Crippen molar-refractivity contribution in [1.29, 1.82) is 0 Å². The third-order valence-electron chi connectivity index (χ3n) is 3.25. The summed E-state index contributed by atoms with van der Waals surface area (Å²) in [6.45, 7) is 0. The van der Waals surface area contributed by atoms with Gasteiger partial charge in [-0.3, -0.25) is 4.79 Å². The summed E-state index contributed by atoms with van der Waals surface area (Å²) in [5, 5.41) is 2.09. The Kier molecular flexibility index (Phi) is 2.15. The number of hydrogen-bond acceptors (Lipinski definition) is 2. The van der Waals surface area contributed by atoms with Gasteiger partial charge in [-0.25, -0.2) is 0 Å². The third kappa shape index (κ3) is 1.34. The van der Waals surface area contributed by atoms with Gasteiger partial charge in [-0.2, -0.15) is 0 Å². The molecule has 0 aromatic heterocycles. The van der Waals surface area contributed by atoms with Crippen molar-refractivity contribution >= 4 is 29.4 Å². The molecule has 0 radical (unpaired) electrons. The second kappa shape index (κ2) is 3.67. The topological polar surface area (TPSA) is 34.1 Å². The first kappa shape index (κ1) is 9.97. The first-order valence-corrected chi connectivity index (χ1v) is 5.49. The molecule has 0 aliphatic heterocycles. The van der Waals surface area contributed by atoms with E-state index in [9.17, 15) is 9.59 Å². The largest absolute Gasteiger partial charge is 0.302 e. The van der Waals surface area contributed by atoms with Crippen molar-refractivity contribution in [2.45, 2.75) is 5.92 Å². The molecule has 1 unspecified atom stereocenters. The smallest absolute Gasteiger partial charge is 0.150 e. The zero-order valence-electron chi connectivity index (χ0n) is 9.09. The Morgan fingerprint density at radius 1 is 1.06 bits per heavy atom. The highest BCUT2D eigenvalue weighted by atomic mass is 16.1. The lowest BCUT2D eigenvalue weighted by Gasteiger charge is -2.18. The normalized spacial score (nSPS) is 17.1. The van der Waals surface area contributed by atoms with E-state index in [-0.39, 0.29) is 5.92 Å². The van der Waals surface area contributed by atoms with E-state index in [4.69, 9.17) is 0 Å². The minimum absolute atomic E-state index is 0.201. The molecule has 2 aromatic carbocycles. The molecule has 82 valence electrons. The molecule has 1 atom stereocenters. The van der Waals surface area contributed by atoms with E-state index in [0.29, 0.717) is 5.56 Å². The molecule has 1 aliphatic carbocycles. The van der Waals surface area contributed by atoms with E-state index in [1.165, 1.54) is 0 Å². The van der Waals surface area contributed by atoms with Crippen LogP contribution in [0.1, 0.15) is 27.4 Å². The molecule has 3 rings (SSSR count). The number of carbonyl (C=O) groups excluding carboxylic acids is 2. The lowest BCUT2D eigenvalue weighted by molar-refractivity contribution is -0.108. The van der Waals surface area contributed by atoms with Crippen LogP contribution in [0.3, 0.4) is 0 Å². The quantitative estimate of drug-likeness (QED) is 0.732. The summed E-state index contributed by atoms with van der Waals surface area (Å²) in [5.74, 6) is -0.201. The molecule has 0 saturated carbocycles. The third-order valence-corrected chi connectivity index (χ3v) is 3.25. The highest BCUT2D eigenvalue weighted by molar-refractivity contribution is 6.03. The van der Waals surface area contributed by atoms with Crippen molar-refractivity contribution in [1.82, 2.24) is 0 Å². The second-order valence-corrected chi connectivity index (χ2v) is 4.15. The van der Waals surface area contributed by atoms with Gasteiger partial charge in [0.15, 0.2) is 6.29 Å². The number of benzene rings is 2. The van der Waals surface area contributed by atoms with E-state index < -0.39 is 0 Å². The molecule has 0 amide bonds. The molecular formula is C15H10O2. The number of carbonyl (C=O) groups is 2. The number of allylic oxidation sites excluding steroid dienone is 1. The Balaban J connectivity index is 2.47. The molecule has 0 heterocycles. The minimum atomic E-state index is -0.201. The number of hydrogen-bond donors (Lipinski definition) is 0. The summed E-state index contributed by atoms with van der Waals surface area (Å²) in [6.07, 6.45) is 5.51. The Hall–Kier alpha value is -2.22. The monoisotopic (exact) mass is 222 g/mol. The molecule has 2 aromatic rings. The Bertz CT molecular complexity index is 653. The van der Waals surface area contributed by atoms with Gasteiger partial charge in [0.1, 0.15) is 6.29 Å². The number of rotatable bonds is 2. The van der Waals surface area contributed by atoms with Crippen LogP contribution in [0.15, 0.2) is 36.4 Å². The molecule has 1 aliphatic rings. The van der Waals surface area contributed by atoms with Crippen LogP contribution in [0.2, 0.25) is 0 Å². The maximum absolute atomic E-state index is 11.0. The summed E-state index contributed by atoms with van der Waals surface area (Å²) in [5.41, 5.74) is 2.58. The van der Waals surface area contributed by atoms with Gasteiger partial charge < -0.3 is 4.79 Å². The molecule has 0 N–H and O–H groups in total. The zero-order chi connectivity index (χ0) is 11.8. The maximum atomic E-state index is 11.0. The van der Waals surface area contributed by atoms with Gasteiger partial charge in [-0.1, -0.05) is 42.5 Å². The highest BCUT2D eigenvalue weighted by Gasteiger charge is 2.18. The van der Waals surface area contributed by atoms with Crippen LogP contribution in [-0.4, -0.2) is 12.6 Å². The molecular weight excluding hydrogens is 212 g/mol. The van der Waals surface area contributed by atoms with Crippen molar-refractivity contribution in [3.8, 4) is 0 Å². The van der Waals surface area contributed by atoms with Crippen LogP contribution in [0.4, 0.5) is 0 Å². The van der Waals surface area contributed by atoms with Gasteiger partial charge in [-0.15, -0.1) is 0 Å². The lowest BCUT2D eigenvalue weighted by atomic mass is 9.85. The molecule has 0 bridgehead atoms. The van der Waals surface area contributed by atoms with Crippen LogP contribution in [0.5, 0.6) is 0 Å². The molecule has 0 spiro atoms. The first-order valence-electron chi connectivity index (χ1n) is 5.49. The van der Waals surface area contributed by atoms with Gasteiger partial charge in [0.05, 0.1) is 5.92 Å². The van der Waals surface area contributed by atoms with E-state index in [0.717, 1.165) is 34.5 Å². The molecule has 17 heavy (non-hydrogen) atoms. The van der Waals surface area contributed by atoms with E-state index in [1.807, 2.05) is 42.5 Å². The molecule has 2 heteroatoms. The molecule has 0 saturated heterocycles. The van der Waals surface area contributed by atoms with Crippen molar-refractivity contribution in [2.75, 3.05) is 0 Å². The van der Waals surface area contributed by atoms with Gasteiger partial charge >= 0.3 is 0 Å². The predicted molar refractivity (Wildman–Crippen MR) is 67.2 cm³/mol. The summed E-state index contributed by atoms with van der Waals surface area (Å²) < 4.78 is 0. The second-order valence-electron chi connectivity index (χ2n) is 4.15. The summed E-state index contributed by atoms with van der Waals surface area (Å²) in [7, 11) is 0. The molecule has 0 fully saturated rings. The Morgan fingerprint density at radius 2 is 1.94 bits per heavy atom. The van der Waals surface area contributed by atoms with Crippen LogP contribution in [0.25, 0.3) is 16.8 Å². The minimum Gasteiger partial charge on any atom is -0.302 e. The van der Waals surface area contributed by atoms with Crippen LogP contribution >= 0.6 is 0 Å². The predicted octanol–water partition coefficient (Wildman–Crippen LogP) is 2.96. The van der Waals surface area contributed by atoms with E-state index in [1.54, 1.807) is 0 Å². The highest BCUT2D eigenvalue weighted by Crippen LogP contribution is 2.35. The van der Waals surface area contributed by atoms with Gasteiger partial charge in [-0.05, 0) is 21.9 Å². The van der Waals surface area contributed by atoms with E-state index in [2.05, 4.69) is 0 Å². The average molecular weight is 222 g/mol. The fourth-order valence-electron chi connectivity index (χ4n) is 2.43. The maximum Gasteiger partial charge on any atom is 0.150 e. The van der Waals surface area contributed by atoms with Crippen LogP contribution in [0, 0.1) is 0 Å². The Morgan fingerprint density at radius 3 is 2.71 bits per heavy atom. The summed E-state index contributed by atoms with van der Waals surface area (Å²) in [4.78, 5) is 22.1. The summed E-state index contributed by atoms with van der Waals surface area (Å²) >= 11 is 0. The first-order chi connectivity index (χ1) is 8.35. The average Bonchev–Trinajstić information content (AvgIpc) is 2.40. The van der Waals surface area contributed by atoms with Gasteiger partial charge in [0, 0.05) is 5.56 Å². The van der Waals surface area contributed by atoms with Crippen molar-refractivity contribution in [2.24, 2.45) is 0 Å². The molecule has 2 nitrogen and oxygen atoms in total. The van der Waals surface area contributed by atoms with Gasteiger partial charge in [0.25, 0.3) is 0 Å². The summed E-state index contributed by atoms with van der Waals surface area (Å²) in [6, 6.07) is 9.63. The lowest BCUT2D eigenvalue weighted by Crippen LogP contribution is -2.04.